The highest BCUT2D eigenvalue weighted by Crippen LogP contribution is 2.38. The number of hydrogen-bond donors (Lipinski definition) is 0. The number of halogens is 3. The number of nitrogens with zero attached hydrogens (tertiary/aromatic N) is 1. The minimum Gasteiger partial charge on any atom is -0.490 e. The smallest absolute Gasteiger partial charge is 0.363 e. The number of hydrogen-bond acceptors (Lipinski definition) is 5. The number of carbonyl (C=O) groups is 1. The van der Waals surface area contributed by atoms with E-state index < -0.39 is 5.97 Å². The summed E-state index contributed by atoms with van der Waals surface area (Å²) in [6.07, 6.45) is 1.59. The van der Waals surface area contributed by atoms with Crippen LogP contribution >= 0.6 is 34.2 Å². The van der Waals surface area contributed by atoms with E-state index in [0.717, 1.165) is 20.3 Å². The number of aryl methyl sites for hydroxylation is 1. The first-order valence-electron chi connectivity index (χ1n) is 10.5. The molecule has 0 fully saturated rings. The van der Waals surface area contributed by atoms with Gasteiger partial charge >= 0.3 is 5.97 Å². The lowest BCUT2D eigenvalue weighted by molar-refractivity contribution is -0.129. The van der Waals surface area contributed by atoms with Gasteiger partial charge in [0, 0.05) is 9.13 Å². The molecule has 0 atom stereocenters. The minimum atomic E-state index is -0.545. The normalized spacial score (nSPS) is 14.2. The first-order chi connectivity index (χ1) is 16.3. The maximum Gasteiger partial charge on any atom is 0.363 e. The summed E-state index contributed by atoms with van der Waals surface area (Å²) in [6, 6.07) is 15.1. The lowest BCUT2D eigenvalue weighted by Gasteiger charge is -2.14. The summed E-state index contributed by atoms with van der Waals surface area (Å²) in [5.74, 6) is 0.181. The molecule has 8 heteroatoms. The van der Waals surface area contributed by atoms with Gasteiger partial charge in [0.05, 0.1) is 11.6 Å². The Bertz CT molecular complexity index is 1300. The van der Waals surface area contributed by atoms with E-state index in [1.807, 2.05) is 32.0 Å². The average molecular weight is 592 g/mol. The van der Waals surface area contributed by atoms with Crippen LogP contribution in [0.4, 0.5) is 4.39 Å². The third-order valence-corrected chi connectivity index (χ3v) is 6.45. The first kappa shape index (κ1) is 24.2. The second-order valence-electron chi connectivity index (χ2n) is 7.48. The summed E-state index contributed by atoms with van der Waals surface area (Å²) >= 11 is 8.74. The zero-order chi connectivity index (χ0) is 24.2. The van der Waals surface area contributed by atoms with Crippen molar-refractivity contribution in [1.82, 2.24) is 0 Å². The molecule has 0 radical (unpaired) electrons. The molecule has 174 valence electrons. The molecule has 0 amide bonds. The van der Waals surface area contributed by atoms with E-state index in [0.29, 0.717) is 28.7 Å². The van der Waals surface area contributed by atoms with Crippen molar-refractivity contribution in [3.05, 3.63) is 97.0 Å². The molecular weight excluding hydrogens is 572 g/mol. The lowest BCUT2D eigenvalue weighted by atomic mass is 10.1. The van der Waals surface area contributed by atoms with Gasteiger partial charge in [-0.3, -0.25) is 0 Å². The van der Waals surface area contributed by atoms with Crippen molar-refractivity contribution >= 4 is 52.1 Å². The van der Waals surface area contributed by atoms with Gasteiger partial charge in [-0.1, -0.05) is 23.7 Å². The van der Waals surface area contributed by atoms with Crippen molar-refractivity contribution in [2.45, 2.75) is 20.5 Å². The molecular formula is C26H20ClFINO4. The van der Waals surface area contributed by atoms with Crippen LogP contribution in [-0.2, 0) is 16.1 Å². The predicted molar refractivity (Wildman–Crippen MR) is 138 cm³/mol. The Kier molecular flexibility index (Phi) is 7.53. The lowest BCUT2D eigenvalue weighted by Crippen LogP contribution is -2.05. The number of carbonyl (C=O) groups excluding carboxylic acids is 1. The van der Waals surface area contributed by atoms with Crippen molar-refractivity contribution in [3.63, 3.8) is 0 Å². The van der Waals surface area contributed by atoms with E-state index >= 15 is 0 Å². The number of ether oxygens (including phenoxy) is 3. The molecule has 4 rings (SSSR count). The molecule has 3 aromatic carbocycles. The van der Waals surface area contributed by atoms with Crippen LogP contribution in [-0.4, -0.2) is 18.5 Å². The Labute approximate surface area is 215 Å². The molecule has 0 saturated carbocycles. The van der Waals surface area contributed by atoms with Gasteiger partial charge in [-0.15, -0.1) is 0 Å². The fraction of sp³-hybridized carbons (Fsp3) is 0.154. The highest BCUT2D eigenvalue weighted by Gasteiger charge is 2.25. The molecule has 0 aromatic heterocycles. The van der Waals surface area contributed by atoms with Gasteiger partial charge in [-0.05, 0) is 102 Å². The number of aliphatic imine (C=N–C) groups is 1. The molecule has 3 aromatic rings. The zero-order valence-corrected chi connectivity index (χ0v) is 21.3. The molecule has 0 bridgehead atoms. The highest BCUT2D eigenvalue weighted by atomic mass is 127. The van der Waals surface area contributed by atoms with Crippen molar-refractivity contribution in [2.75, 3.05) is 6.61 Å². The topological polar surface area (TPSA) is 57.1 Å². The van der Waals surface area contributed by atoms with Crippen LogP contribution < -0.4 is 9.47 Å². The fourth-order valence-corrected chi connectivity index (χ4v) is 3.89. The van der Waals surface area contributed by atoms with Gasteiger partial charge in [0.15, 0.2) is 17.2 Å². The van der Waals surface area contributed by atoms with Gasteiger partial charge in [-0.2, -0.15) is 0 Å². The van der Waals surface area contributed by atoms with Crippen molar-refractivity contribution in [1.29, 1.82) is 0 Å². The van der Waals surface area contributed by atoms with Gasteiger partial charge < -0.3 is 14.2 Å². The zero-order valence-electron chi connectivity index (χ0n) is 18.4. The van der Waals surface area contributed by atoms with Crippen LogP contribution in [0.1, 0.15) is 29.2 Å². The molecule has 5 nitrogen and oxygen atoms in total. The van der Waals surface area contributed by atoms with E-state index in [1.165, 1.54) is 12.1 Å². The van der Waals surface area contributed by atoms with E-state index in [4.69, 9.17) is 25.8 Å². The Balaban J connectivity index is 1.61. The summed E-state index contributed by atoms with van der Waals surface area (Å²) < 4.78 is 31.2. The van der Waals surface area contributed by atoms with Gasteiger partial charge in [0.25, 0.3) is 0 Å². The van der Waals surface area contributed by atoms with Gasteiger partial charge in [0.2, 0.25) is 5.90 Å². The van der Waals surface area contributed by atoms with Crippen molar-refractivity contribution in [2.24, 2.45) is 4.99 Å². The molecule has 0 unspecified atom stereocenters. The van der Waals surface area contributed by atoms with Crippen LogP contribution in [0.5, 0.6) is 11.5 Å². The molecule has 0 N–H and O–H groups in total. The second-order valence-corrected chi connectivity index (χ2v) is 9.05. The Morgan fingerprint density at radius 1 is 1.12 bits per heavy atom. The largest absolute Gasteiger partial charge is 0.490 e. The Hall–Kier alpha value is -2.91. The highest BCUT2D eigenvalue weighted by molar-refractivity contribution is 14.1. The van der Waals surface area contributed by atoms with Crippen LogP contribution in [0.2, 0.25) is 5.02 Å². The van der Waals surface area contributed by atoms with E-state index in [9.17, 15) is 9.18 Å². The monoisotopic (exact) mass is 591 g/mol. The SMILES string of the molecule is CCOc1cc(/C=C2\N=C(c3ccc(I)c(C)c3)OC2=O)cc(Cl)c1OCc1ccc(F)cc1. The molecule has 1 aliphatic rings. The van der Waals surface area contributed by atoms with Crippen LogP contribution in [0.15, 0.2) is 65.3 Å². The summed E-state index contributed by atoms with van der Waals surface area (Å²) in [4.78, 5) is 16.8. The third kappa shape index (κ3) is 5.59. The molecule has 0 spiro atoms. The summed E-state index contributed by atoms with van der Waals surface area (Å²) in [7, 11) is 0. The predicted octanol–water partition coefficient (Wildman–Crippen LogP) is 6.71. The summed E-state index contributed by atoms with van der Waals surface area (Å²) in [6.45, 7) is 4.41. The van der Waals surface area contributed by atoms with E-state index in [1.54, 1.807) is 30.3 Å². The van der Waals surface area contributed by atoms with Crippen molar-refractivity contribution in [3.8, 4) is 11.5 Å². The number of benzene rings is 3. The van der Waals surface area contributed by atoms with Crippen LogP contribution in [0.3, 0.4) is 0 Å². The molecule has 0 saturated heterocycles. The van der Waals surface area contributed by atoms with E-state index in [2.05, 4.69) is 27.6 Å². The maximum absolute atomic E-state index is 13.1. The minimum absolute atomic E-state index is 0.157. The first-order valence-corrected chi connectivity index (χ1v) is 11.9. The molecule has 34 heavy (non-hydrogen) atoms. The summed E-state index contributed by atoms with van der Waals surface area (Å²) in [5, 5.41) is 0.309. The standard InChI is InChI=1S/C26H20ClFINO4/c1-3-32-23-13-17(11-20(27)24(23)33-14-16-4-7-19(28)8-5-16)12-22-26(31)34-25(30-22)18-6-9-21(29)15(2)10-18/h4-13H,3,14H2,1-2H3/b22-12-. The molecule has 1 heterocycles. The maximum atomic E-state index is 13.1. The summed E-state index contributed by atoms with van der Waals surface area (Å²) in [5.41, 5.74) is 3.35. The Morgan fingerprint density at radius 2 is 1.88 bits per heavy atom. The number of rotatable bonds is 7. The molecule has 1 aliphatic heterocycles. The number of esters is 1. The second kappa shape index (κ2) is 10.6. The third-order valence-electron chi connectivity index (χ3n) is 4.96. The van der Waals surface area contributed by atoms with E-state index in [-0.39, 0.29) is 24.0 Å². The van der Waals surface area contributed by atoms with Crippen molar-refractivity contribution < 1.29 is 23.4 Å². The van der Waals surface area contributed by atoms with Gasteiger partial charge in [0.1, 0.15) is 12.4 Å². The average Bonchev–Trinajstić information content (AvgIpc) is 3.16. The van der Waals surface area contributed by atoms with Gasteiger partial charge in [-0.25, -0.2) is 14.2 Å². The molecule has 0 aliphatic carbocycles. The Morgan fingerprint density at radius 3 is 2.59 bits per heavy atom. The van der Waals surface area contributed by atoms with Crippen LogP contribution in [0, 0.1) is 16.3 Å². The quantitative estimate of drug-likeness (QED) is 0.174. The number of cyclic esters (lactones) is 1. The fourth-order valence-electron chi connectivity index (χ4n) is 3.28. The van der Waals surface area contributed by atoms with Crippen LogP contribution in [0.25, 0.3) is 6.08 Å².